The molecule has 0 N–H and O–H groups in total. The number of allylic oxidation sites excluding steroid dienone is 14. The van der Waals surface area contributed by atoms with Gasteiger partial charge in [-0.05, 0) is 109 Å². The van der Waals surface area contributed by atoms with Crippen molar-refractivity contribution in [2.45, 2.75) is 226 Å². The van der Waals surface area contributed by atoms with Crippen molar-refractivity contribution >= 4 is 17.9 Å². The lowest BCUT2D eigenvalue weighted by atomic mass is 10.1. The van der Waals surface area contributed by atoms with Crippen molar-refractivity contribution < 1.29 is 28.6 Å². The molecular formula is C54H90O6. The first kappa shape index (κ1) is 56.6. The molecule has 0 aliphatic rings. The molecule has 0 aromatic heterocycles. The SMILES string of the molecule is CC/C=C\C/C=C\C/C=C\C/C=C\CCCCC(=O)OCC(COC(=O)CCCCCCC/C=C\C/C=C\CCC)OC(=O)CCCCCCC/C=C\CCCCCCC. The predicted octanol–water partition coefficient (Wildman–Crippen LogP) is 16.0. The molecule has 342 valence electrons. The summed E-state index contributed by atoms with van der Waals surface area (Å²) in [7, 11) is 0. The Hall–Kier alpha value is -3.41. The number of unbranched alkanes of at least 4 members (excludes halogenated alkanes) is 18. The van der Waals surface area contributed by atoms with E-state index in [1.165, 1.54) is 51.4 Å². The first-order valence-electron chi connectivity index (χ1n) is 24.6. The van der Waals surface area contributed by atoms with Gasteiger partial charge in [0.15, 0.2) is 6.10 Å². The fourth-order valence-electron chi connectivity index (χ4n) is 6.40. The van der Waals surface area contributed by atoms with Crippen LogP contribution in [0.1, 0.15) is 220 Å². The maximum Gasteiger partial charge on any atom is 0.306 e. The lowest BCUT2D eigenvalue weighted by Gasteiger charge is -2.18. The molecule has 0 bridgehead atoms. The van der Waals surface area contributed by atoms with E-state index in [0.29, 0.717) is 19.3 Å². The van der Waals surface area contributed by atoms with Gasteiger partial charge in [-0.15, -0.1) is 0 Å². The fraction of sp³-hybridized carbons (Fsp3) is 0.685. The second kappa shape index (κ2) is 48.3. The van der Waals surface area contributed by atoms with Crippen LogP contribution in [-0.4, -0.2) is 37.2 Å². The Bertz CT molecular complexity index is 1190. The van der Waals surface area contributed by atoms with Crippen LogP contribution in [0.2, 0.25) is 0 Å². The molecule has 0 spiro atoms. The second-order valence-electron chi connectivity index (χ2n) is 16.0. The number of hydrogen-bond donors (Lipinski definition) is 0. The van der Waals surface area contributed by atoms with Crippen LogP contribution >= 0.6 is 0 Å². The minimum Gasteiger partial charge on any atom is -0.462 e. The topological polar surface area (TPSA) is 78.9 Å². The van der Waals surface area contributed by atoms with Crippen molar-refractivity contribution in [1.82, 2.24) is 0 Å². The van der Waals surface area contributed by atoms with Crippen molar-refractivity contribution in [3.05, 3.63) is 85.1 Å². The van der Waals surface area contributed by atoms with Gasteiger partial charge in [0.25, 0.3) is 0 Å². The first-order valence-corrected chi connectivity index (χ1v) is 24.6. The van der Waals surface area contributed by atoms with Crippen LogP contribution < -0.4 is 0 Å². The molecule has 0 aromatic carbocycles. The molecule has 6 nitrogen and oxygen atoms in total. The molecular weight excluding hydrogens is 745 g/mol. The van der Waals surface area contributed by atoms with Crippen molar-refractivity contribution in [1.29, 1.82) is 0 Å². The third kappa shape index (κ3) is 45.7. The number of esters is 3. The Morgan fingerprint density at radius 3 is 1.13 bits per heavy atom. The highest BCUT2D eigenvalue weighted by molar-refractivity contribution is 5.71. The summed E-state index contributed by atoms with van der Waals surface area (Å²) in [6.07, 6.45) is 61.3. The van der Waals surface area contributed by atoms with Crippen LogP contribution in [0.25, 0.3) is 0 Å². The average Bonchev–Trinajstić information content (AvgIpc) is 3.24. The van der Waals surface area contributed by atoms with Crippen molar-refractivity contribution in [3.63, 3.8) is 0 Å². The number of hydrogen-bond acceptors (Lipinski definition) is 6. The van der Waals surface area contributed by atoms with E-state index in [9.17, 15) is 14.4 Å². The molecule has 0 rings (SSSR count). The maximum atomic E-state index is 12.8. The van der Waals surface area contributed by atoms with Gasteiger partial charge in [-0.1, -0.05) is 176 Å². The van der Waals surface area contributed by atoms with Crippen molar-refractivity contribution in [2.24, 2.45) is 0 Å². The van der Waals surface area contributed by atoms with Crippen molar-refractivity contribution in [3.8, 4) is 0 Å². The molecule has 0 aliphatic carbocycles. The van der Waals surface area contributed by atoms with E-state index in [2.05, 4.69) is 106 Å². The summed E-state index contributed by atoms with van der Waals surface area (Å²) in [5.74, 6) is -0.970. The van der Waals surface area contributed by atoms with Gasteiger partial charge in [0.05, 0.1) is 0 Å². The molecule has 6 heteroatoms. The number of rotatable bonds is 43. The summed E-state index contributed by atoms with van der Waals surface area (Å²) in [5.41, 5.74) is 0. The van der Waals surface area contributed by atoms with Gasteiger partial charge in [-0.25, -0.2) is 0 Å². The Balaban J connectivity index is 4.49. The molecule has 0 saturated carbocycles. The monoisotopic (exact) mass is 835 g/mol. The highest BCUT2D eigenvalue weighted by Crippen LogP contribution is 2.13. The van der Waals surface area contributed by atoms with Crippen LogP contribution in [0.15, 0.2) is 85.1 Å². The Labute approximate surface area is 369 Å². The Morgan fingerprint density at radius 2 is 0.683 bits per heavy atom. The van der Waals surface area contributed by atoms with Gasteiger partial charge in [0, 0.05) is 19.3 Å². The zero-order valence-electron chi connectivity index (χ0n) is 38.9. The van der Waals surface area contributed by atoms with Gasteiger partial charge in [0.2, 0.25) is 0 Å². The molecule has 0 aliphatic heterocycles. The normalized spacial score (nSPS) is 12.8. The van der Waals surface area contributed by atoms with Crippen LogP contribution in [0.3, 0.4) is 0 Å². The van der Waals surface area contributed by atoms with Gasteiger partial charge in [0.1, 0.15) is 13.2 Å². The maximum absolute atomic E-state index is 12.8. The summed E-state index contributed by atoms with van der Waals surface area (Å²) in [6, 6.07) is 0. The van der Waals surface area contributed by atoms with E-state index < -0.39 is 6.10 Å². The summed E-state index contributed by atoms with van der Waals surface area (Å²) >= 11 is 0. The van der Waals surface area contributed by atoms with E-state index >= 15 is 0 Å². The molecule has 0 radical (unpaired) electrons. The molecule has 0 saturated heterocycles. The minimum absolute atomic E-state index is 0.101. The van der Waals surface area contributed by atoms with Crippen LogP contribution in [0, 0.1) is 0 Å². The largest absolute Gasteiger partial charge is 0.462 e. The second-order valence-corrected chi connectivity index (χ2v) is 16.0. The quantitative estimate of drug-likeness (QED) is 0.0263. The predicted molar refractivity (Wildman–Crippen MR) is 256 cm³/mol. The zero-order chi connectivity index (χ0) is 43.7. The number of carbonyl (C=O) groups is 3. The fourth-order valence-corrected chi connectivity index (χ4v) is 6.40. The number of carbonyl (C=O) groups excluding carboxylic acids is 3. The van der Waals surface area contributed by atoms with E-state index in [4.69, 9.17) is 14.2 Å². The zero-order valence-corrected chi connectivity index (χ0v) is 38.9. The molecule has 1 atom stereocenters. The molecule has 1 unspecified atom stereocenters. The van der Waals surface area contributed by atoms with Gasteiger partial charge in [-0.2, -0.15) is 0 Å². The Morgan fingerprint density at radius 1 is 0.350 bits per heavy atom. The van der Waals surface area contributed by atoms with E-state index in [0.717, 1.165) is 128 Å². The molecule has 0 aromatic rings. The van der Waals surface area contributed by atoms with Crippen molar-refractivity contribution in [2.75, 3.05) is 13.2 Å². The lowest BCUT2D eigenvalue weighted by molar-refractivity contribution is -0.167. The smallest absolute Gasteiger partial charge is 0.306 e. The first-order chi connectivity index (χ1) is 29.5. The van der Waals surface area contributed by atoms with E-state index in [1.807, 2.05) is 0 Å². The van der Waals surface area contributed by atoms with Gasteiger partial charge >= 0.3 is 17.9 Å². The summed E-state index contributed by atoms with van der Waals surface area (Å²) in [5, 5.41) is 0. The highest BCUT2D eigenvalue weighted by Gasteiger charge is 2.19. The standard InChI is InChI=1S/C54H90O6/c1-4-7-10-13-16-19-22-25-27-30-32-35-38-41-44-47-53(56)59-50-51(49-58-52(55)46-43-40-37-34-31-28-24-21-18-15-12-9-6-3)60-54(57)48-45-42-39-36-33-29-26-23-20-17-14-11-8-5-2/h7,10,12,15-16,19,21,23-27,32,35,51H,4-6,8-9,11,13-14,17-18,20,22,28-31,33-34,36-50H2,1-3H3/b10-7-,15-12-,19-16-,24-21-,26-23-,27-25-,35-32-. The third-order valence-electron chi connectivity index (χ3n) is 10.1. The molecule has 0 amide bonds. The van der Waals surface area contributed by atoms with Crippen LogP contribution in [-0.2, 0) is 28.6 Å². The summed E-state index contributed by atoms with van der Waals surface area (Å²) in [4.78, 5) is 37.9. The summed E-state index contributed by atoms with van der Waals surface area (Å²) in [6.45, 7) is 6.38. The molecule has 0 heterocycles. The summed E-state index contributed by atoms with van der Waals surface area (Å²) < 4.78 is 16.7. The molecule has 0 fully saturated rings. The van der Waals surface area contributed by atoms with Crippen LogP contribution in [0.5, 0.6) is 0 Å². The minimum atomic E-state index is -0.802. The van der Waals surface area contributed by atoms with E-state index in [1.54, 1.807) is 0 Å². The number of ether oxygens (including phenoxy) is 3. The Kier molecular flexibility index (Phi) is 45.5. The third-order valence-corrected chi connectivity index (χ3v) is 10.1. The van der Waals surface area contributed by atoms with Gasteiger partial charge < -0.3 is 14.2 Å². The lowest BCUT2D eigenvalue weighted by Crippen LogP contribution is -2.30. The van der Waals surface area contributed by atoms with Gasteiger partial charge in [-0.3, -0.25) is 14.4 Å². The van der Waals surface area contributed by atoms with E-state index in [-0.39, 0.29) is 31.1 Å². The highest BCUT2D eigenvalue weighted by atomic mass is 16.6. The molecule has 60 heavy (non-hydrogen) atoms. The van der Waals surface area contributed by atoms with Crippen LogP contribution in [0.4, 0.5) is 0 Å². The average molecular weight is 835 g/mol.